The van der Waals surface area contributed by atoms with Crippen molar-refractivity contribution in [2.24, 2.45) is 0 Å². The third-order valence-corrected chi connectivity index (χ3v) is 3.77. The zero-order valence-corrected chi connectivity index (χ0v) is 13.5. The SMILES string of the molecule is CCCNC(=O)Oc1csc(N(C)C(=O)c2ccc(F)cc2)n1. The van der Waals surface area contributed by atoms with E-state index in [1.54, 1.807) is 7.05 Å². The van der Waals surface area contributed by atoms with Crippen molar-refractivity contribution >= 4 is 28.5 Å². The molecule has 0 bridgehead atoms. The average molecular weight is 337 g/mol. The van der Waals surface area contributed by atoms with Crippen LogP contribution in [-0.2, 0) is 0 Å². The second-order valence-electron chi connectivity index (χ2n) is 4.66. The topological polar surface area (TPSA) is 71.5 Å². The van der Waals surface area contributed by atoms with Crippen LogP contribution in [0.5, 0.6) is 5.88 Å². The molecular formula is C15H16FN3O3S. The molecule has 1 aromatic heterocycles. The van der Waals surface area contributed by atoms with Crippen molar-refractivity contribution in [3.8, 4) is 5.88 Å². The number of aromatic nitrogens is 1. The fraction of sp³-hybridized carbons (Fsp3) is 0.267. The summed E-state index contributed by atoms with van der Waals surface area (Å²) in [6.07, 6.45) is 0.211. The molecule has 8 heteroatoms. The number of amides is 2. The summed E-state index contributed by atoms with van der Waals surface area (Å²) in [7, 11) is 1.55. The van der Waals surface area contributed by atoms with Crippen LogP contribution < -0.4 is 15.0 Å². The average Bonchev–Trinajstić information content (AvgIpc) is 3.00. The maximum absolute atomic E-state index is 12.9. The van der Waals surface area contributed by atoms with Crippen LogP contribution in [-0.4, -0.2) is 30.6 Å². The summed E-state index contributed by atoms with van der Waals surface area (Å²) in [5, 5.41) is 4.47. The van der Waals surface area contributed by atoms with Crippen molar-refractivity contribution in [3.05, 3.63) is 41.0 Å². The Bertz CT molecular complexity index is 688. The number of carbonyl (C=O) groups is 2. The molecule has 1 N–H and O–H groups in total. The monoisotopic (exact) mass is 337 g/mol. The minimum Gasteiger partial charge on any atom is -0.390 e. The zero-order chi connectivity index (χ0) is 16.8. The first-order valence-electron chi connectivity index (χ1n) is 6.96. The van der Waals surface area contributed by atoms with E-state index in [2.05, 4.69) is 10.3 Å². The minimum atomic E-state index is -0.587. The molecule has 122 valence electrons. The van der Waals surface area contributed by atoms with Crippen LogP contribution in [0, 0.1) is 5.82 Å². The molecule has 0 fully saturated rings. The number of hydrogen-bond acceptors (Lipinski definition) is 5. The van der Waals surface area contributed by atoms with Gasteiger partial charge in [-0.2, -0.15) is 4.98 Å². The lowest BCUT2D eigenvalue weighted by molar-refractivity contribution is 0.0993. The van der Waals surface area contributed by atoms with E-state index in [0.717, 1.165) is 17.8 Å². The maximum Gasteiger partial charge on any atom is 0.413 e. The number of ether oxygens (including phenoxy) is 1. The molecule has 0 aliphatic carbocycles. The van der Waals surface area contributed by atoms with Crippen LogP contribution in [0.3, 0.4) is 0 Å². The number of benzene rings is 1. The molecule has 0 unspecified atom stereocenters. The van der Waals surface area contributed by atoms with Crippen LogP contribution in [0.1, 0.15) is 23.7 Å². The first-order valence-corrected chi connectivity index (χ1v) is 7.84. The Kier molecular flexibility index (Phi) is 5.64. The van der Waals surface area contributed by atoms with Gasteiger partial charge in [0.05, 0.1) is 5.38 Å². The quantitative estimate of drug-likeness (QED) is 0.910. The van der Waals surface area contributed by atoms with Crippen LogP contribution >= 0.6 is 11.3 Å². The summed E-state index contributed by atoms with van der Waals surface area (Å²) < 4.78 is 17.9. The van der Waals surface area contributed by atoms with Crippen molar-refractivity contribution in [2.45, 2.75) is 13.3 Å². The Hall–Kier alpha value is -2.48. The Balaban J connectivity index is 2.02. The molecule has 0 atom stereocenters. The van der Waals surface area contributed by atoms with Crippen LogP contribution in [0.15, 0.2) is 29.6 Å². The van der Waals surface area contributed by atoms with Crippen molar-refractivity contribution in [1.29, 1.82) is 0 Å². The van der Waals surface area contributed by atoms with Crippen LogP contribution in [0.2, 0.25) is 0 Å². The highest BCUT2D eigenvalue weighted by atomic mass is 32.1. The van der Waals surface area contributed by atoms with Crippen molar-refractivity contribution < 1.29 is 18.7 Å². The number of hydrogen-bond donors (Lipinski definition) is 1. The lowest BCUT2D eigenvalue weighted by atomic mass is 10.2. The molecule has 0 spiro atoms. The summed E-state index contributed by atoms with van der Waals surface area (Å²) in [6, 6.07) is 5.24. The van der Waals surface area contributed by atoms with E-state index in [9.17, 15) is 14.0 Å². The van der Waals surface area contributed by atoms with E-state index in [1.807, 2.05) is 6.92 Å². The first-order chi connectivity index (χ1) is 11.0. The predicted molar refractivity (Wildman–Crippen MR) is 85.6 cm³/mol. The normalized spacial score (nSPS) is 10.2. The second kappa shape index (κ2) is 7.68. The molecule has 1 heterocycles. The van der Waals surface area contributed by atoms with Gasteiger partial charge in [0.1, 0.15) is 5.82 Å². The van der Waals surface area contributed by atoms with Gasteiger partial charge in [-0.1, -0.05) is 6.92 Å². The first kappa shape index (κ1) is 16.9. The standard InChI is InChI=1S/C15H16FN3O3S/c1-3-8-17-15(21)22-12-9-23-14(18-12)19(2)13(20)10-4-6-11(16)7-5-10/h4-7,9H,3,8H2,1-2H3,(H,17,21). The van der Waals surface area contributed by atoms with Gasteiger partial charge < -0.3 is 10.1 Å². The van der Waals surface area contributed by atoms with E-state index in [0.29, 0.717) is 17.2 Å². The Morgan fingerprint density at radius 2 is 2.04 bits per heavy atom. The molecule has 1 aromatic carbocycles. The highest BCUT2D eigenvalue weighted by Crippen LogP contribution is 2.25. The third kappa shape index (κ3) is 4.49. The van der Waals surface area contributed by atoms with Crippen molar-refractivity contribution in [2.75, 3.05) is 18.5 Å². The fourth-order valence-corrected chi connectivity index (χ4v) is 2.37. The van der Waals surface area contributed by atoms with Gasteiger partial charge in [0.25, 0.3) is 5.91 Å². The van der Waals surface area contributed by atoms with E-state index in [-0.39, 0.29) is 11.8 Å². The third-order valence-electron chi connectivity index (χ3n) is 2.87. The lowest BCUT2D eigenvalue weighted by Gasteiger charge is -2.13. The minimum absolute atomic E-state index is 0.123. The number of carbonyl (C=O) groups excluding carboxylic acids is 2. The molecule has 0 saturated heterocycles. The van der Waals surface area contributed by atoms with Crippen molar-refractivity contribution in [3.63, 3.8) is 0 Å². The van der Waals surface area contributed by atoms with Gasteiger partial charge in [-0.25, -0.2) is 9.18 Å². The number of halogens is 1. The molecule has 23 heavy (non-hydrogen) atoms. The molecule has 0 saturated carbocycles. The number of nitrogens with zero attached hydrogens (tertiary/aromatic N) is 2. The van der Waals surface area contributed by atoms with Gasteiger partial charge >= 0.3 is 6.09 Å². The largest absolute Gasteiger partial charge is 0.413 e. The summed E-state index contributed by atoms with van der Waals surface area (Å²) in [4.78, 5) is 29.1. The summed E-state index contributed by atoms with van der Waals surface area (Å²) in [5.74, 6) is -0.620. The van der Waals surface area contributed by atoms with E-state index < -0.39 is 11.9 Å². The summed E-state index contributed by atoms with van der Waals surface area (Å²) in [6.45, 7) is 2.44. The molecule has 0 aliphatic rings. The van der Waals surface area contributed by atoms with Gasteiger partial charge in [0, 0.05) is 19.2 Å². The second-order valence-corrected chi connectivity index (χ2v) is 5.49. The highest BCUT2D eigenvalue weighted by Gasteiger charge is 2.18. The van der Waals surface area contributed by atoms with Gasteiger partial charge in [0.2, 0.25) is 5.88 Å². The summed E-state index contributed by atoms with van der Waals surface area (Å²) in [5.41, 5.74) is 0.340. The van der Waals surface area contributed by atoms with Crippen molar-refractivity contribution in [1.82, 2.24) is 10.3 Å². The van der Waals surface area contributed by atoms with E-state index >= 15 is 0 Å². The fourth-order valence-electron chi connectivity index (χ4n) is 1.68. The highest BCUT2D eigenvalue weighted by molar-refractivity contribution is 7.14. The van der Waals surface area contributed by atoms with Crippen LogP contribution in [0.25, 0.3) is 0 Å². The van der Waals surface area contributed by atoms with Gasteiger partial charge in [-0.15, -0.1) is 11.3 Å². The van der Waals surface area contributed by atoms with Crippen LogP contribution in [0.4, 0.5) is 14.3 Å². The Morgan fingerprint density at radius 3 is 2.70 bits per heavy atom. The lowest BCUT2D eigenvalue weighted by Crippen LogP contribution is -2.28. The van der Waals surface area contributed by atoms with E-state index in [4.69, 9.17) is 4.74 Å². The molecule has 0 aliphatic heterocycles. The number of rotatable bonds is 5. The Labute approximate surface area is 136 Å². The number of nitrogens with one attached hydrogen (secondary N) is 1. The summed E-state index contributed by atoms with van der Waals surface area (Å²) >= 11 is 1.16. The molecule has 2 amide bonds. The smallest absolute Gasteiger partial charge is 0.390 e. The van der Waals surface area contributed by atoms with Gasteiger partial charge in [-0.3, -0.25) is 9.69 Å². The molecule has 6 nitrogen and oxygen atoms in total. The maximum atomic E-state index is 12.9. The molecular weight excluding hydrogens is 321 g/mol. The van der Waals surface area contributed by atoms with E-state index in [1.165, 1.54) is 34.5 Å². The zero-order valence-electron chi connectivity index (χ0n) is 12.7. The predicted octanol–water partition coefficient (Wildman–Crippen LogP) is 3.06. The van der Waals surface area contributed by atoms with Gasteiger partial charge in [-0.05, 0) is 30.7 Å². The molecule has 2 rings (SSSR count). The molecule has 0 radical (unpaired) electrons. The van der Waals surface area contributed by atoms with Gasteiger partial charge in [0.15, 0.2) is 5.13 Å². The number of anilines is 1. The number of thiazole rings is 1. The Morgan fingerprint density at radius 1 is 1.35 bits per heavy atom. The molecule has 2 aromatic rings.